The van der Waals surface area contributed by atoms with Gasteiger partial charge in [-0.15, -0.1) is 0 Å². The second-order valence-electron chi connectivity index (χ2n) is 7.85. The molecule has 2 heterocycles. The van der Waals surface area contributed by atoms with Crippen LogP contribution in [0.4, 0.5) is 5.69 Å². The lowest BCUT2D eigenvalue weighted by Crippen LogP contribution is -2.30. The number of carbonyl (C=O) groups excluding carboxylic acids is 1. The smallest absolute Gasteiger partial charge is 0.330 e. The minimum atomic E-state index is -0.554. The van der Waals surface area contributed by atoms with E-state index in [-0.39, 0.29) is 17.0 Å². The number of hydrogen-bond donors (Lipinski definition) is 2. The molecule has 8 heteroatoms. The molecule has 0 atom stereocenters. The van der Waals surface area contributed by atoms with Gasteiger partial charge in [0.15, 0.2) is 0 Å². The molecule has 32 heavy (non-hydrogen) atoms. The molecule has 1 amide bonds. The fourth-order valence-corrected chi connectivity index (χ4v) is 3.49. The zero-order chi connectivity index (χ0) is 22.2. The maximum absolute atomic E-state index is 12.7. The van der Waals surface area contributed by atoms with Crippen molar-refractivity contribution in [2.75, 3.05) is 5.32 Å². The SMILES string of the molecule is Cc1ccc(Oc2ccc(NC(=O)c3cnc4c(c3)c(=O)[nH]c(=O)n4C3CC3)cc2)cc1. The molecule has 0 unspecified atom stereocenters. The number of ether oxygens (including phenoxy) is 1. The van der Waals surface area contributed by atoms with Gasteiger partial charge in [-0.05, 0) is 62.2 Å². The molecular formula is C24H20N4O4. The Morgan fingerprint density at radius 2 is 1.72 bits per heavy atom. The maximum Gasteiger partial charge on any atom is 0.330 e. The summed E-state index contributed by atoms with van der Waals surface area (Å²) in [5.74, 6) is 0.962. The number of pyridine rings is 1. The van der Waals surface area contributed by atoms with Crippen LogP contribution in [0.3, 0.4) is 0 Å². The minimum Gasteiger partial charge on any atom is -0.457 e. The standard InChI is InChI=1S/C24H20N4O4/c1-14-2-8-18(9-3-14)32-19-10-4-16(5-11-19)26-22(29)15-12-20-21(25-13-15)28(17-6-7-17)24(31)27-23(20)30/h2-5,8-13,17H,6-7H2,1H3,(H,26,29)(H,27,30,31). The van der Waals surface area contributed by atoms with Crippen LogP contribution in [-0.4, -0.2) is 20.4 Å². The molecular weight excluding hydrogens is 408 g/mol. The Kier molecular flexibility index (Phi) is 4.82. The third kappa shape index (κ3) is 3.90. The Morgan fingerprint density at radius 1 is 1.06 bits per heavy atom. The number of fused-ring (bicyclic) bond motifs is 1. The van der Waals surface area contributed by atoms with Crippen molar-refractivity contribution in [1.29, 1.82) is 0 Å². The molecule has 160 valence electrons. The Labute approximate surface area is 182 Å². The average molecular weight is 428 g/mol. The molecule has 4 aromatic rings. The van der Waals surface area contributed by atoms with E-state index >= 15 is 0 Å². The first-order valence-corrected chi connectivity index (χ1v) is 10.3. The van der Waals surface area contributed by atoms with Crippen LogP contribution in [0, 0.1) is 6.92 Å². The topological polar surface area (TPSA) is 106 Å². The van der Waals surface area contributed by atoms with E-state index in [1.54, 1.807) is 24.3 Å². The Balaban J connectivity index is 1.35. The summed E-state index contributed by atoms with van der Waals surface area (Å²) in [6, 6.07) is 16.2. The van der Waals surface area contributed by atoms with Crippen molar-refractivity contribution < 1.29 is 9.53 Å². The first kappa shape index (κ1) is 19.7. The zero-order valence-corrected chi connectivity index (χ0v) is 17.3. The number of hydrogen-bond acceptors (Lipinski definition) is 5. The van der Waals surface area contributed by atoms with Gasteiger partial charge in [0.05, 0.1) is 10.9 Å². The number of aromatic amines is 1. The van der Waals surface area contributed by atoms with E-state index in [2.05, 4.69) is 15.3 Å². The number of aryl methyl sites for hydroxylation is 1. The van der Waals surface area contributed by atoms with Crippen molar-refractivity contribution in [2.24, 2.45) is 0 Å². The van der Waals surface area contributed by atoms with Gasteiger partial charge in [-0.25, -0.2) is 9.78 Å². The van der Waals surface area contributed by atoms with Gasteiger partial charge in [0.2, 0.25) is 0 Å². The molecule has 2 N–H and O–H groups in total. The number of H-pyrrole nitrogens is 1. The van der Waals surface area contributed by atoms with Crippen molar-refractivity contribution in [1.82, 2.24) is 14.5 Å². The quantitative estimate of drug-likeness (QED) is 0.503. The lowest BCUT2D eigenvalue weighted by molar-refractivity contribution is 0.102. The van der Waals surface area contributed by atoms with E-state index < -0.39 is 17.2 Å². The maximum atomic E-state index is 12.7. The molecule has 5 rings (SSSR count). The van der Waals surface area contributed by atoms with E-state index in [1.165, 1.54) is 16.8 Å². The van der Waals surface area contributed by atoms with E-state index in [4.69, 9.17) is 4.74 Å². The highest BCUT2D eigenvalue weighted by atomic mass is 16.5. The average Bonchev–Trinajstić information content (AvgIpc) is 3.61. The summed E-state index contributed by atoms with van der Waals surface area (Å²) in [5.41, 5.74) is 1.23. The fourth-order valence-electron chi connectivity index (χ4n) is 3.49. The zero-order valence-electron chi connectivity index (χ0n) is 17.3. The molecule has 0 saturated heterocycles. The van der Waals surface area contributed by atoms with Crippen LogP contribution in [0.15, 0.2) is 70.4 Å². The van der Waals surface area contributed by atoms with Gasteiger partial charge in [-0.2, -0.15) is 0 Å². The third-order valence-corrected chi connectivity index (χ3v) is 5.32. The van der Waals surface area contributed by atoms with Crippen LogP contribution in [0.2, 0.25) is 0 Å². The molecule has 1 saturated carbocycles. The molecule has 0 aliphatic heterocycles. The summed E-state index contributed by atoms with van der Waals surface area (Å²) in [7, 11) is 0. The lowest BCUT2D eigenvalue weighted by atomic mass is 10.2. The summed E-state index contributed by atoms with van der Waals surface area (Å²) in [4.78, 5) is 43.7. The monoisotopic (exact) mass is 428 g/mol. The largest absolute Gasteiger partial charge is 0.457 e. The molecule has 1 fully saturated rings. The van der Waals surface area contributed by atoms with Gasteiger partial charge < -0.3 is 10.1 Å². The fraction of sp³-hybridized carbons (Fsp3) is 0.167. The van der Waals surface area contributed by atoms with Gasteiger partial charge in [0, 0.05) is 17.9 Å². The van der Waals surface area contributed by atoms with Gasteiger partial charge >= 0.3 is 5.69 Å². The summed E-state index contributed by atoms with van der Waals surface area (Å²) in [6.07, 6.45) is 3.12. The predicted octanol–water partition coefficient (Wildman–Crippen LogP) is 3.77. The normalized spacial score (nSPS) is 13.2. The van der Waals surface area contributed by atoms with Crippen molar-refractivity contribution >= 4 is 22.6 Å². The van der Waals surface area contributed by atoms with Crippen LogP contribution >= 0.6 is 0 Å². The van der Waals surface area contributed by atoms with Crippen LogP contribution in [0.5, 0.6) is 11.5 Å². The van der Waals surface area contributed by atoms with Crippen molar-refractivity contribution in [2.45, 2.75) is 25.8 Å². The first-order valence-electron chi connectivity index (χ1n) is 10.3. The van der Waals surface area contributed by atoms with E-state index in [1.807, 2.05) is 31.2 Å². The summed E-state index contributed by atoms with van der Waals surface area (Å²) >= 11 is 0. The summed E-state index contributed by atoms with van der Waals surface area (Å²) in [6.45, 7) is 2.01. The van der Waals surface area contributed by atoms with Crippen LogP contribution < -0.4 is 21.3 Å². The number of rotatable bonds is 5. The van der Waals surface area contributed by atoms with Gasteiger partial charge in [-0.1, -0.05) is 17.7 Å². The molecule has 0 bridgehead atoms. The Hall–Kier alpha value is -4.20. The van der Waals surface area contributed by atoms with Crippen molar-refractivity contribution in [3.05, 3.63) is 92.8 Å². The second-order valence-corrected chi connectivity index (χ2v) is 7.85. The van der Waals surface area contributed by atoms with Crippen LogP contribution in [-0.2, 0) is 0 Å². The Bertz CT molecular complexity index is 1430. The molecule has 1 aliphatic carbocycles. The minimum absolute atomic E-state index is 0.0506. The Morgan fingerprint density at radius 3 is 2.38 bits per heavy atom. The number of aromatic nitrogens is 3. The second kappa shape index (κ2) is 7.81. The number of benzene rings is 2. The molecule has 0 spiro atoms. The number of carbonyl (C=O) groups is 1. The first-order chi connectivity index (χ1) is 15.5. The van der Waals surface area contributed by atoms with Gasteiger partial charge in [0.1, 0.15) is 17.1 Å². The number of nitrogens with zero attached hydrogens (tertiary/aromatic N) is 2. The third-order valence-electron chi connectivity index (χ3n) is 5.32. The highest BCUT2D eigenvalue weighted by Gasteiger charge is 2.27. The predicted molar refractivity (Wildman–Crippen MR) is 121 cm³/mol. The number of anilines is 1. The molecule has 1 aliphatic rings. The molecule has 2 aromatic carbocycles. The molecule has 0 radical (unpaired) electrons. The van der Waals surface area contributed by atoms with Crippen molar-refractivity contribution in [3.8, 4) is 11.5 Å². The number of amides is 1. The summed E-state index contributed by atoms with van der Waals surface area (Å²) < 4.78 is 7.29. The number of nitrogens with one attached hydrogen (secondary N) is 2. The highest BCUT2D eigenvalue weighted by Crippen LogP contribution is 2.34. The van der Waals surface area contributed by atoms with E-state index in [0.29, 0.717) is 17.1 Å². The van der Waals surface area contributed by atoms with Gasteiger partial charge in [-0.3, -0.25) is 19.1 Å². The highest BCUT2D eigenvalue weighted by molar-refractivity contribution is 6.05. The lowest BCUT2D eigenvalue weighted by Gasteiger charge is -2.10. The molecule has 8 nitrogen and oxygen atoms in total. The van der Waals surface area contributed by atoms with Crippen molar-refractivity contribution in [3.63, 3.8) is 0 Å². The van der Waals surface area contributed by atoms with E-state index in [9.17, 15) is 14.4 Å². The van der Waals surface area contributed by atoms with Crippen LogP contribution in [0.1, 0.15) is 34.8 Å². The van der Waals surface area contributed by atoms with E-state index in [0.717, 1.165) is 24.2 Å². The van der Waals surface area contributed by atoms with Crippen LogP contribution in [0.25, 0.3) is 11.0 Å². The van der Waals surface area contributed by atoms with Gasteiger partial charge in [0.25, 0.3) is 11.5 Å². The molecule has 2 aromatic heterocycles. The summed E-state index contributed by atoms with van der Waals surface area (Å²) in [5, 5.41) is 3.00.